The van der Waals surface area contributed by atoms with Crippen molar-refractivity contribution in [1.29, 1.82) is 5.26 Å². The zero-order valence-corrected chi connectivity index (χ0v) is 12.9. The molecule has 0 N–H and O–H groups in total. The summed E-state index contributed by atoms with van der Waals surface area (Å²) in [6.45, 7) is 3.46. The molecule has 18 heavy (non-hydrogen) atoms. The zero-order chi connectivity index (χ0) is 13.9. The van der Waals surface area contributed by atoms with E-state index in [1.807, 2.05) is 6.07 Å². The van der Waals surface area contributed by atoms with Crippen LogP contribution >= 0.6 is 26.6 Å². The Balaban J connectivity index is 3.39. The Kier molecular flexibility index (Phi) is 5.02. The monoisotopic (exact) mass is 351 g/mol. The minimum Gasteiger partial charge on any atom is -0.474 e. The number of nitriles is 1. The molecule has 0 aromatic heterocycles. The number of ether oxygens (including phenoxy) is 1. The molecule has 0 fully saturated rings. The first kappa shape index (κ1) is 15.3. The molecule has 0 aliphatic heterocycles. The van der Waals surface area contributed by atoms with Crippen molar-refractivity contribution >= 4 is 35.7 Å². The highest BCUT2D eigenvalue weighted by molar-refractivity contribution is 9.10. The Morgan fingerprint density at radius 3 is 2.61 bits per heavy atom. The molecule has 1 atom stereocenters. The van der Waals surface area contributed by atoms with Gasteiger partial charge in [0.05, 0.1) is 0 Å². The van der Waals surface area contributed by atoms with Crippen molar-refractivity contribution in [1.82, 2.24) is 0 Å². The van der Waals surface area contributed by atoms with Gasteiger partial charge in [-0.05, 0) is 31.0 Å². The van der Waals surface area contributed by atoms with Gasteiger partial charge in [-0.3, -0.25) is 0 Å². The molecule has 1 rings (SSSR count). The van der Waals surface area contributed by atoms with Crippen LogP contribution in [0, 0.1) is 18.3 Å². The number of nitrogens with zero attached hydrogens (tertiary/aromatic N) is 1. The Hall–Kier alpha value is -0.770. The number of aryl methyl sites for hydroxylation is 1. The predicted octanol–water partition coefficient (Wildman–Crippen LogP) is 3.37. The maximum absolute atomic E-state index is 11.5. The number of hydrogen-bond acceptors (Lipinski definition) is 4. The normalized spacial score (nSPS) is 12.8. The Morgan fingerprint density at radius 2 is 2.17 bits per heavy atom. The molecule has 7 heteroatoms. The summed E-state index contributed by atoms with van der Waals surface area (Å²) in [5.41, 5.74) is 0.595. The molecule has 1 unspecified atom stereocenters. The van der Waals surface area contributed by atoms with Crippen LogP contribution in [-0.4, -0.2) is 14.5 Å². The van der Waals surface area contributed by atoms with Gasteiger partial charge in [0, 0.05) is 15.2 Å². The summed E-state index contributed by atoms with van der Waals surface area (Å²) in [6.07, 6.45) is -0.254. The van der Waals surface area contributed by atoms with Gasteiger partial charge in [-0.2, -0.15) is 5.26 Å². The van der Waals surface area contributed by atoms with E-state index < -0.39 is 15.2 Å². The first-order valence-corrected chi connectivity index (χ1v) is 8.21. The molecule has 0 amide bonds. The minimum atomic E-state index is -3.93. The Morgan fingerprint density at radius 1 is 1.56 bits per heavy atom. The van der Waals surface area contributed by atoms with Gasteiger partial charge in [0.25, 0.3) is 9.05 Å². The smallest absolute Gasteiger partial charge is 0.265 e. The third-order valence-electron chi connectivity index (χ3n) is 2.24. The van der Waals surface area contributed by atoms with Crippen molar-refractivity contribution in [3.63, 3.8) is 0 Å². The van der Waals surface area contributed by atoms with Crippen LogP contribution in [0.2, 0.25) is 0 Å². The van der Waals surface area contributed by atoms with Crippen molar-refractivity contribution in [2.45, 2.75) is 31.3 Å². The molecular formula is C11H11BrClNO3S. The lowest BCUT2D eigenvalue weighted by molar-refractivity contribution is 0.243. The van der Waals surface area contributed by atoms with Crippen molar-refractivity contribution < 1.29 is 13.2 Å². The average Bonchev–Trinajstić information content (AvgIpc) is 2.26. The second kappa shape index (κ2) is 5.91. The van der Waals surface area contributed by atoms with Crippen LogP contribution in [0.15, 0.2) is 21.5 Å². The van der Waals surface area contributed by atoms with Crippen LogP contribution < -0.4 is 4.74 Å². The summed E-state index contributed by atoms with van der Waals surface area (Å²) in [7, 11) is 1.43. The predicted molar refractivity (Wildman–Crippen MR) is 72.2 cm³/mol. The summed E-state index contributed by atoms with van der Waals surface area (Å²) >= 11 is 3.20. The molecule has 0 saturated heterocycles. The van der Waals surface area contributed by atoms with E-state index in [-0.39, 0.29) is 10.6 Å². The van der Waals surface area contributed by atoms with Crippen LogP contribution in [0.3, 0.4) is 0 Å². The van der Waals surface area contributed by atoms with Gasteiger partial charge in [0.2, 0.25) is 0 Å². The fraction of sp³-hybridized carbons (Fsp3) is 0.364. The summed E-state index contributed by atoms with van der Waals surface area (Å²) in [5.74, 6) is 0.126. The van der Waals surface area contributed by atoms with Crippen molar-refractivity contribution in [3.05, 3.63) is 22.2 Å². The fourth-order valence-corrected chi connectivity index (χ4v) is 3.14. The topological polar surface area (TPSA) is 67.2 Å². The molecule has 0 bridgehead atoms. The quantitative estimate of drug-likeness (QED) is 0.779. The summed E-state index contributed by atoms with van der Waals surface area (Å²) < 4.78 is 29.0. The zero-order valence-electron chi connectivity index (χ0n) is 9.78. The lowest BCUT2D eigenvalue weighted by Crippen LogP contribution is -2.14. The van der Waals surface area contributed by atoms with E-state index in [1.165, 1.54) is 6.07 Å². The molecule has 0 spiro atoms. The van der Waals surface area contributed by atoms with Crippen LogP contribution in [0.25, 0.3) is 0 Å². The molecular weight excluding hydrogens is 342 g/mol. The van der Waals surface area contributed by atoms with Crippen LogP contribution in [-0.2, 0) is 9.05 Å². The van der Waals surface area contributed by atoms with Crippen molar-refractivity contribution in [3.8, 4) is 11.8 Å². The van der Waals surface area contributed by atoms with Crippen LogP contribution in [0.5, 0.6) is 5.75 Å². The van der Waals surface area contributed by atoms with E-state index in [0.29, 0.717) is 16.5 Å². The van der Waals surface area contributed by atoms with Gasteiger partial charge in [-0.1, -0.05) is 22.9 Å². The summed E-state index contributed by atoms with van der Waals surface area (Å²) in [6, 6.07) is 5.00. The Labute approximate surface area is 119 Å². The highest BCUT2D eigenvalue weighted by Gasteiger charge is 2.22. The van der Waals surface area contributed by atoms with E-state index in [1.54, 1.807) is 19.9 Å². The highest BCUT2D eigenvalue weighted by Crippen LogP contribution is 2.34. The number of halogens is 2. The maximum atomic E-state index is 11.5. The molecule has 98 valence electrons. The van der Waals surface area contributed by atoms with Crippen molar-refractivity contribution in [2.24, 2.45) is 0 Å². The second-order valence-electron chi connectivity index (χ2n) is 3.63. The average molecular weight is 353 g/mol. The Bertz CT molecular complexity index is 595. The van der Waals surface area contributed by atoms with E-state index >= 15 is 0 Å². The molecule has 0 radical (unpaired) electrons. The van der Waals surface area contributed by atoms with Gasteiger partial charge in [0.1, 0.15) is 16.7 Å². The van der Waals surface area contributed by atoms with Crippen LogP contribution in [0.1, 0.15) is 18.9 Å². The van der Waals surface area contributed by atoms with E-state index in [0.717, 1.165) is 0 Å². The fourth-order valence-electron chi connectivity index (χ4n) is 1.37. The third kappa shape index (κ3) is 3.61. The molecule has 1 aromatic rings. The lowest BCUT2D eigenvalue weighted by Gasteiger charge is -2.15. The first-order chi connectivity index (χ1) is 8.29. The molecule has 0 aliphatic carbocycles. The number of hydrogen-bond donors (Lipinski definition) is 0. The summed E-state index contributed by atoms with van der Waals surface area (Å²) in [5, 5.41) is 8.86. The van der Waals surface area contributed by atoms with E-state index in [2.05, 4.69) is 15.9 Å². The van der Waals surface area contributed by atoms with Gasteiger partial charge >= 0.3 is 0 Å². The van der Waals surface area contributed by atoms with Crippen molar-refractivity contribution in [2.75, 3.05) is 0 Å². The molecule has 0 saturated carbocycles. The van der Waals surface area contributed by atoms with E-state index in [4.69, 9.17) is 20.7 Å². The summed E-state index contributed by atoms with van der Waals surface area (Å²) in [4.78, 5) is -0.134. The SMILES string of the molecule is CCC(C#N)Oc1c(C)cc(Br)cc1S(=O)(=O)Cl. The largest absolute Gasteiger partial charge is 0.474 e. The van der Waals surface area contributed by atoms with Gasteiger partial charge in [-0.15, -0.1) is 0 Å². The van der Waals surface area contributed by atoms with Crippen LogP contribution in [0.4, 0.5) is 0 Å². The molecule has 4 nitrogen and oxygen atoms in total. The third-order valence-corrected chi connectivity index (χ3v) is 4.03. The lowest BCUT2D eigenvalue weighted by atomic mass is 10.2. The number of benzene rings is 1. The van der Waals surface area contributed by atoms with Gasteiger partial charge in [-0.25, -0.2) is 8.42 Å². The first-order valence-electron chi connectivity index (χ1n) is 5.10. The standard InChI is InChI=1S/C11H11BrClNO3S/c1-3-9(6-14)17-11-7(2)4-8(12)5-10(11)18(13,15)16/h4-5,9H,3H2,1-2H3. The second-order valence-corrected chi connectivity index (χ2v) is 7.08. The minimum absolute atomic E-state index is 0.126. The molecule has 0 aliphatic rings. The van der Waals surface area contributed by atoms with E-state index in [9.17, 15) is 8.42 Å². The van der Waals surface area contributed by atoms with Gasteiger partial charge in [0.15, 0.2) is 6.10 Å². The maximum Gasteiger partial charge on any atom is 0.265 e. The number of rotatable bonds is 4. The molecule has 0 heterocycles. The highest BCUT2D eigenvalue weighted by atomic mass is 79.9. The van der Waals surface area contributed by atoms with Gasteiger partial charge < -0.3 is 4.74 Å². The molecule has 1 aromatic carbocycles.